The molecule has 0 aromatic heterocycles. The third-order valence-electron chi connectivity index (χ3n) is 1.96. The van der Waals surface area contributed by atoms with Gasteiger partial charge in [0.05, 0.1) is 13.4 Å². The van der Waals surface area contributed by atoms with Crippen molar-refractivity contribution in [3.63, 3.8) is 0 Å². The van der Waals surface area contributed by atoms with Crippen molar-refractivity contribution in [2.24, 2.45) is 0 Å². The predicted octanol–water partition coefficient (Wildman–Crippen LogP) is 3.90. The lowest BCUT2D eigenvalue weighted by molar-refractivity contribution is 0.336. The fourth-order valence-corrected chi connectivity index (χ4v) is 1.21. The molecule has 0 bridgehead atoms. The van der Waals surface area contributed by atoms with Gasteiger partial charge in [0.1, 0.15) is 0 Å². The highest BCUT2D eigenvalue weighted by Gasteiger charge is 1.87. The first-order valence-electron chi connectivity index (χ1n) is 5.09. The van der Waals surface area contributed by atoms with Crippen LogP contribution >= 0.6 is 0 Å². The number of hydrogen-bond acceptors (Lipinski definition) is 1. The normalized spacial score (nSPS) is 10.8. The minimum atomic E-state index is 1.17. The SMILES string of the molecule is CCCCCCCC/C=C\OC. The monoisotopic (exact) mass is 170 g/mol. The summed E-state index contributed by atoms with van der Waals surface area (Å²) in [4.78, 5) is 0. The molecule has 0 unspecified atom stereocenters. The number of rotatable bonds is 8. The van der Waals surface area contributed by atoms with Crippen LogP contribution in [0.3, 0.4) is 0 Å². The molecule has 0 atom stereocenters. The Morgan fingerprint density at radius 2 is 1.67 bits per heavy atom. The Labute approximate surface area is 76.8 Å². The minimum Gasteiger partial charge on any atom is -0.505 e. The van der Waals surface area contributed by atoms with Crippen molar-refractivity contribution in [3.8, 4) is 0 Å². The Balaban J connectivity index is 2.86. The molecular weight excluding hydrogens is 148 g/mol. The second-order valence-electron chi connectivity index (χ2n) is 3.16. The highest BCUT2D eigenvalue weighted by Crippen LogP contribution is 2.06. The summed E-state index contributed by atoms with van der Waals surface area (Å²) in [5, 5.41) is 0. The summed E-state index contributed by atoms with van der Waals surface area (Å²) >= 11 is 0. The fourth-order valence-electron chi connectivity index (χ4n) is 1.21. The first-order valence-corrected chi connectivity index (χ1v) is 5.09. The van der Waals surface area contributed by atoms with Gasteiger partial charge in [-0.05, 0) is 18.9 Å². The molecule has 0 radical (unpaired) electrons. The van der Waals surface area contributed by atoms with Crippen molar-refractivity contribution in [3.05, 3.63) is 12.3 Å². The van der Waals surface area contributed by atoms with E-state index >= 15 is 0 Å². The Hall–Kier alpha value is -0.460. The highest BCUT2D eigenvalue weighted by molar-refractivity contribution is 4.72. The van der Waals surface area contributed by atoms with Crippen molar-refractivity contribution in [1.29, 1.82) is 0 Å². The Morgan fingerprint density at radius 3 is 2.33 bits per heavy atom. The molecule has 0 rings (SSSR count). The van der Waals surface area contributed by atoms with E-state index in [0.717, 1.165) is 0 Å². The number of ether oxygens (including phenoxy) is 1. The second kappa shape index (κ2) is 10.5. The molecule has 1 heteroatoms. The van der Waals surface area contributed by atoms with Crippen LogP contribution in [0.4, 0.5) is 0 Å². The molecule has 0 amide bonds. The van der Waals surface area contributed by atoms with Gasteiger partial charge < -0.3 is 4.74 Å². The van der Waals surface area contributed by atoms with E-state index in [1.807, 2.05) is 0 Å². The number of unbranched alkanes of at least 4 members (excludes halogenated alkanes) is 6. The third-order valence-corrected chi connectivity index (χ3v) is 1.96. The molecule has 0 aliphatic rings. The summed E-state index contributed by atoms with van der Waals surface area (Å²) < 4.78 is 4.81. The Bertz CT molecular complexity index is 97.2. The van der Waals surface area contributed by atoms with Gasteiger partial charge in [-0.1, -0.05) is 39.0 Å². The predicted molar refractivity (Wildman–Crippen MR) is 54.1 cm³/mol. The second-order valence-corrected chi connectivity index (χ2v) is 3.16. The summed E-state index contributed by atoms with van der Waals surface area (Å²) in [6.07, 6.45) is 13.3. The van der Waals surface area contributed by atoms with Gasteiger partial charge in [0, 0.05) is 0 Å². The van der Waals surface area contributed by atoms with E-state index in [4.69, 9.17) is 4.74 Å². The molecule has 0 aromatic rings. The average molecular weight is 170 g/mol. The van der Waals surface area contributed by atoms with E-state index in [2.05, 4.69) is 13.0 Å². The van der Waals surface area contributed by atoms with Crippen molar-refractivity contribution >= 4 is 0 Å². The van der Waals surface area contributed by atoms with Crippen LogP contribution in [0, 0.1) is 0 Å². The molecule has 0 aliphatic heterocycles. The maximum Gasteiger partial charge on any atom is 0.0784 e. The quantitative estimate of drug-likeness (QED) is 0.396. The van der Waals surface area contributed by atoms with E-state index in [0.29, 0.717) is 0 Å². The van der Waals surface area contributed by atoms with E-state index in [1.54, 1.807) is 13.4 Å². The first kappa shape index (κ1) is 11.5. The fraction of sp³-hybridized carbons (Fsp3) is 0.818. The van der Waals surface area contributed by atoms with Gasteiger partial charge >= 0.3 is 0 Å². The standard InChI is InChI=1S/C11H22O/c1-3-4-5-6-7-8-9-10-11-12-2/h10-11H,3-9H2,1-2H3/b11-10-. The number of allylic oxidation sites excluding steroid dienone is 1. The van der Waals surface area contributed by atoms with Crippen molar-refractivity contribution in [2.75, 3.05) is 7.11 Å². The molecule has 12 heavy (non-hydrogen) atoms. The Morgan fingerprint density at radius 1 is 1.00 bits per heavy atom. The zero-order chi connectivity index (χ0) is 9.07. The third kappa shape index (κ3) is 9.54. The zero-order valence-corrected chi connectivity index (χ0v) is 8.51. The minimum absolute atomic E-state index is 1.17. The van der Waals surface area contributed by atoms with Crippen LogP contribution in [0.5, 0.6) is 0 Å². The van der Waals surface area contributed by atoms with Gasteiger partial charge in [-0.3, -0.25) is 0 Å². The van der Waals surface area contributed by atoms with E-state index in [1.165, 1.54) is 44.9 Å². The van der Waals surface area contributed by atoms with Crippen LogP contribution in [0.1, 0.15) is 51.9 Å². The maximum atomic E-state index is 4.81. The highest BCUT2D eigenvalue weighted by atomic mass is 16.5. The molecule has 0 saturated heterocycles. The first-order chi connectivity index (χ1) is 5.91. The van der Waals surface area contributed by atoms with Crippen LogP contribution in [-0.4, -0.2) is 7.11 Å². The van der Waals surface area contributed by atoms with Gasteiger partial charge in [0.2, 0.25) is 0 Å². The van der Waals surface area contributed by atoms with E-state index in [-0.39, 0.29) is 0 Å². The molecule has 1 nitrogen and oxygen atoms in total. The average Bonchev–Trinajstić information content (AvgIpc) is 2.10. The van der Waals surface area contributed by atoms with Crippen LogP contribution in [0.15, 0.2) is 12.3 Å². The van der Waals surface area contributed by atoms with E-state index in [9.17, 15) is 0 Å². The lowest BCUT2D eigenvalue weighted by Gasteiger charge is -1.97. The summed E-state index contributed by atoms with van der Waals surface area (Å²) in [5.41, 5.74) is 0. The molecule has 0 saturated carbocycles. The largest absolute Gasteiger partial charge is 0.505 e. The van der Waals surface area contributed by atoms with Crippen molar-refractivity contribution in [1.82, 2.24) is 0 Å². The molecule has 0 spiro atoms. The van der Waals surface area contributed by atoms with Crippen LogP contribution in [0.2, 0.25) is 0 Å². The van der Waals surface area contributed by atoms with E-state index < -0.39 is 0 Å². The molecule has 72 valence electrons. The number of hydrogen-bond donors (Lipinski definition) is 0. The van der Waals surface area contributed by atoms with Crippen LogP contribution in [-0.2, 0) is 4.74 Å². The summed E-state index contributed by atoms with van der Waals surface area (Å²) in [7, 11) is 1.69. The van der Waals surface area contributed by atoms with Gasteiger partial charge in [0.15, 0.2) is 0 Å². The van der Waals surface area contributed by atoms with Gasteiger partial charge in [-0.25, -0.2) is 0 Å². The van der Waals surface area contributed by atoms with Gasteiger partial charge in [-0.2, -0.15) is 0 Å². The number of methoxy groups -OCH3 is 1. The molecular formula is C11H22O. The smallest absolute Gasteiger partial charge is 0.0784 e. The zero-order valence-electron chi connectivity index (χ0n) is 8.51. The van der Waals surface area contributed by atoms with Gasteiger partial charge in [-0.15, -0.1) is 0 Å². The summed E-state index contributed by atoms with van der Waals surface area (Å²) in [6, 6.07) is 0. The van der Waals surface area contributed by atoms with Gasteiger partial charge in [0.25, 0.3) is 0 Å². The topological polar surface area (TPSA) is 9.23 Å². The summed E-state index contributed by atoms with van der Waals surface area (Å²) in [5.74, 6) is 0. The molecule has 0 N–H and O–H groups in total. The van der Waals surface area contributed by atoms with Crippen molar-refractivity contribution in [2.45, 2.75) is 51.9 Å². The van der Waals surface area contributed by atoms with Crippen LogP contribution < -0.4 is 0 Å². The van der Waals surface area contributed by atoms with Crippen molar-refractivity contribution < 1.29 is 4.74 Å². The van der Waals surface area contributed by atoms with Crippen LogP contribution in [0.25, 0.3) is 0 Å². The molecule has 0 fully saturated rings. The lowest BCUT2D eigenvalue weighted by Crippen LogP contribution is -1.77. The maximum absolute atomic E-state index is 4.81. The molecule has 0 aliphatic carbocycles. The summed E-state index contributed by atoms with van der Waals surface area (Å²) in [6.45, 7) is 2.25. The molecule has 0 heterocycles. The molecule has 0 aromatic carbocycles. The Kier molecular flexibility index (Phi) is 10.1. The lowest BCUT2D eigenvalue weighted by atomic mass is 10.1.